The van der Waals surface area contributed by atoms with Gasteiger partial charge in [-0.3, -0.25) is 4.90 Å². The fourth-order valence-electron chi connectivity index (χ4n) is 1.96. The lowest BCUT2D eigenvalue weighted by Crippen LogP contribution is -2.42. The van der Waals surface area contributed by atoms with E-state index in [2.05, 4.69) is 36.0 Å². The van der Waals surface area contributed by atoms with Gasteiger partial charge in [-0.1, -0.05) is 0 Å². The molecule has 1 fully saturated rings. The lowest BCUT2D eigenvalue weighted by Gasteiger charge is -2.29. The van der Waals surface area contributed by atoms with Crippen LogP contribution in [0.5, 0.6) is 0 Å². The highest BCUT2D eigenvalue weighted by Crippen LogP contribution is 2.21. The topological polar surface area (TPSA) is 37.4 Å². The number of morpholine rings is 1. The fourth-order valence-corrected chi connectivity index (χ4v) is 2.89. The molecule has 0 bridgehead atoms. The van der Waals surface area contributed by atoms with E-state index in [9.17, 15) is 0 Å². The number of ether oxygens (including phenoxy) is 1. The van der Waals surface area contributed by atoms with E-state index in [1.165, 1.54) is 4.88 Å². The molecule has 4 nitrogen and oxygen atoms in total. The summed E-state index contributed by atoms with van der Waals surface area (Å²) in [5, 5.41) is 4.52. The van der Waals surface area contributed by atoms with Crippen molar-refractivity contribution in [1.82, 2.24) is 9.88 Å². The Labute approximate surface area is 107 Å². The van der Waals surface area contributed by atoms with Gasteiger partial charge >= 0.3 is 0 Å². The van der Waals surface area contributed by atoms with E-state index in [1.54, 1.807) is 11.3 Å². The van der Waals surface area contributed by atoms with Crippen LogP contribution in [0.15, 0.2) is 0 Å². The average molecular weight is 255 g/mol. The smallest absolute Gasteiger partial charge is 0.183 e. The Balaban J connectivity index is 1.81. The SMILES string of the molecule is Cc1nc(NC(C)CN2CCOCC2)sc1C. The van der Waals surface area contributed by atoms with E-state index in [0.29, 0.717) is 6.04 Å². The summed E-state index contributed by atoms with van der Waals surface area (Å²) in [6.07, 6.45) is 0. The molecule has 0 amide bonds. The van der Waals surface area contributed by atoms with Crippen LogP contribution >= 0.6 is 11.3 Å². The summed E-state index contributed by atoms with van der Waals surface area (Å²) in [7, 11) is 0. The van der Waals surface area contributed by atoms with E-state index in [1.807, 2.05) is 0 Å². The van der Waals surface area contributed by atoms with Gasteiger partial charge in [0.2, 0.25) is 0 Å². The molecule has 96 valence electrons. The number of anilines is 1. The van der Waals surface area contributed by atoms with Gasteiger partial charge in [0.1, 0.15) is 0 Å². The van der Waals surface area contributed by atoms with E-state index < -0.39 is 0 Å². The lowest BCUT2D eigenvalue weighted by atomic mass is 10.3. The van der Waals surface area contributed by atoms with Crippen LogP contribution in [0.3, 0.4) is 0 Å². The molecule has 1 aliphatic heterocycles. The standard InChI is InChI=1S/C12H21N3OS/c1-9(8-15-4-6-16-7-5-15)13-12-14-10(2)11(3)17-12/h9H,4-8H2,1-3H3,(H,13,14). The van der Waals surface area contributed by atoms with Crippen LogP contribution in [0, 0.1) is 13.8 Å². The molecule has 2 heterocycles. The van der Waals surface area contributed by atoms with E-state index in [0.717, 1.165) is 43.7 Å². The Hall–Kier alpha value is -0.650. The van der Waals surface area contributed by atoms with Crippen molar-refractivity contribution in [3.05, 3.63) is 10.6 Å². The van der Waals surface area contributed by atoms with Gasteiger partial charge in [0.05, 0.1) is 18.9 Å². The second kappa shape index (κ2) is 5.80. The fraction of sp³-hybridized carbons (Fsp3) is 0.750. The summed E-state index contributed by atoms with van der Waals surface area (Å²) in [6.45, 7) is 11.3. The van der Waals surface area contributed by atoms with Crippen LogP contribution in [0.2, 0.25) is 0 Å². The highest BCUT2D eigenvalue weighted by molar-refractivity contribution is 7.15. The van der Waals surface area contributed by atoms with Crippen LogP contribution < -0.4 is 5.32 Å². The molecule has 1 saturated heterocycles. The first-order valence-corrected chi connectivity index (χ1v) is 6.97. The minimum absolute atomic E-state index is 0.429. The Kier molecular flexibility index (Phi) is 4.36. The second-order valence-electron chi connectivity index (χ2n) is 4.62. The number of rotatable bonds is 4. The third-order valence-electron chi connectivity index (χ3n) is 3.03. The Bertz CT molecular complexity index is 341. The predicted octanol–water partition coefficient (Wildman–Crippen LogP) is 1.89. The summed E-state index contributed by atoms with van der Waals surface area (Å²) in [5.41, 5.74) is 1.14. The van der Waals surface area contributed by atoms with Gasteiger partial charge in [0.15, 0.2) is 5.13 Å². The molecule has 1 aromatic rings. The zero-order chi connectivity index (χ0) is 12.3. The molecule has 1 atom stereocenters. The van der Waals surface area contributed by atoms with Gasteiger partial charge in [-0.15, -0.1) is 11.3 Å². The molecular formula is C12H21N3OS. The minimum atomic E-state index is 0.429. The van der Waals surface area contributed by atoms with E-state index in [4.69, 9.17) is 4.74 Å². The van der Waals surface area contributed by atoms with E-state index in [-0.39, 0.29) is 0 Å². The van der Waals surface area contributed by atoms with Gasteiger partial charge < -0.3 is 10.1 Å². The summed E-state index contributed by atoms with van der Waals surface area (Å²) >= 11 is 1.74. The number of aryl methyl sites for hydroxylation is 2. The number of hydrogen-bond donors (Lipinski definition) is 1. The van der Waals surface area contributed by atoms with Crippen LogP contribution in [-0.2, 0) is 4.74 Å². The maximum atomic E-state index is 5.35. The van der Waals surface area contributed by atoms with Gasteiger partial charge in [-0.2, -0.15) is 0 Å². The third kappa shape index (κ3) is 3.66. The molecule has 1 aromatic heterocycles. The van der Waals surface area contributed by atoms with Crippen LogP contribution in [0.1, 0.15) is 17.5 Å². The Morgan fingerprint density at radius 3 is 2.71 bits per heavy atom. The van der Waals surface area contributed by atoms with Crippen molar-refractivity contribution in [3.63, 3.8) is 0 Å². The molecule has 17 heavy (non-hydrogen) atoms. The molecule has 2 rings (SSSR count). The maximum absolute atomic E-state index is 5.35. The maximum Gasteiger partial charge on any atom is 0.183 e. The van der Waals surface area contributed by atoms with Gasteiger partial charge in [0.25, 0.3) is 0 Å². The molecule has 0 radical (unpaired) electrons. The molecule has 0 aliphatic carbocycles. The van der Waals surface area contributed by atoms with Crippen LogP contribution in [-0.4, -0.2) is 48.8 Å². The zero-order valence-corrected chi connectivity index (χ0v) is 11.6. The quantitative estimate of drug-likeness (QED) is 0.891. The van der Waals surface area contributed by atoms with Crippen LogP contribution in [0.25, 0.3) is 0 Å². The Morgan fingerprint density at radius 1 is 1.41 bits per heavy atom. The highest BCUT2D eigenvalue weighted by atomic mass is 32.1. The van der Waals surface area contributed by atoms with Gasteiger partial charge in [-0.25, -0.2) is 4.98 Å². The number of hydrogen-bond acceptors (Lipinski definition) is 5. The number of aromatic nitrogens is 1. The first-order valence-electron chi connectivity index (χ1n) is 6.16. The first kappa shape index (κ1) is 12.8. The van der Waals surface area contributed by atoms with Crippen molar-refractivity contribution in [2.75, 3.05) is 38.2 Å². The normalized spacial score (nSPS) is 19.2. The van der Waals surface area contributed by atoms with Gasteiger partial charge in [0, 0.05) is 30.6 Å². The van der Waals surface area contributed by atoms with Crippen molar-refractivity contribution < 1.29 is 4.74 Å². The van der Waals surface area contributed by atoms with Crippen molar-refractivity contribution in [2.45, 2.75) is 26.8 Å². The largest absolute Gasteiger partial charge is 0.379 e. The molecule has 1 aliphatic rings. The summed E-state index contributed by atoms with van der Waals surface area (Å²) in [6, 6.07) is 0.429. The van der Waals surface area contributed by atoms with Crippen molar-refractivity contribution in [1.29, 1.82) is 0 Å². The summed E-state index contributed by atoms with van der Waals surface area (Å²) in [4.78, 5) is 8.24. The zero-order valence-electron chi connectivity index (χ0n) is 10.8. The first-order chi connectivity index (χ1) is 8.15. The van der Waals surface area contributed by atoms with Crippen molar-refractivity contribution >= 4 is 16.5 Å². The molecule has 0 spiro atoms. The number of thiazole rings is 1. The molecule has 1 N–H and O–H groups in total. The summed E-state index contributed by atoms with van der Waals surface area (Å²) < 4.78 is 5.35. The molecule has 0 saturated carbocycles. The molecular weight excluding hydrogens is 234 g/mol. The Morgan fingerprint density at radius 2 is 2.12 bits per heavy atom. The molecule has 1 unspecified atom stereocenters. The average Bonchev–Trinajstić information content (AvgIpc) is 2.59. The molecule has 5 heteroatoms. The third-order valence-corrected chi connectivity index (χ3v) is 4.04. The lowest BCUT2D eigenvalue weighted by molar-refractivity contribution is 0.0368. The minimum Gasteiger partial charge on any atom is -0.379 e. The predicted molar refractivity (Wildman–Crippen MR) is 71.9 cm³/mol. The van der Waals surface area contributed by atoms with E-state index >= 15 is 0 Å². The second-order valence-corrected chi connectivity index (χ2v) is 5.82. The number of nitrogens with zero attached hydrogens (tertiary/aromatic N) is 2. The van der Waals surface area contributed by atoms with Crippen molar-refractivity contribution in [2.24, 2.45) is 0 Å². The highest BCUT2D eigenvalue weighted by Gasteiger charge is 2.14. The van der Waals surface area contributed by atoms with Crippen LogP contribution in [0.4, 0.5) is 5.13 Å². The summed E-state index contributed by atoms with van der Waals surface area (Å²) in [5.74, 6) is 0. The van der Waals surface area contributed by atoms with Gasteiger partial charge in [-0.05, 0) is 20.8 Å². The number of nitrogens with one attached hydrogen (secondary N) is 1. The molecule has 0 aromatic carbocycles. The monoisotopic (exact) mass is 255 g/mol. The van der Waals surface area contributed by atoms with Crippen molar-refractivity contribution in [3.8, 4) is 0 Å².